The molecule has 100 valence electrons. The van der Waals surface area contributed by atoms with Gasteiger partial charge in [0.05, 0.1) is 6.54 Å². The standard InChI is InChI=1S/C10H8F5NO2/c11-6-3-1-2-5(7(6)12)8(9(17)18)16-4-10(13,14)15/h1-3,8,16H,4H2,(H,17,18). The van der Waals surface area contributed by atoms with E-state index in [1.165, 1.54) is 0 Å². The largest absolute Gasteiger partial charge is 0.480 e. The number of carbonyl (C=O) groups is 1. The van der Waals surface area contributed by atoms with E-state index >= 15 is 0 Å². The van der Waals surface area contributed by atoms with Crippen molar-refractivity contribution < 1.29 is 31.9 Å². The van der Waals surface area contributed by atoms with Crippen LogP contribution in [-0.2, 0) is 4.79 Å². The van der Waals surface area contributed by atoms with E-state index in [1.807, 2.05) is 0 Å². The Kier molecular flexibility index (Phi) is 4.23. The van der Waals surface area contributed by atoms with Crippen LogP contribution in [0.15, 0.2) is 18.2 Å². The summed E-state index contributed by atoms with van der Waals surface area (Å²) in [7, 11) is 0. The molecule has 0 heterocycles. The second kappa shape index (κ2) is 5.30. The van der Waals surface area contributed by atoms with Gasteiger partial charge in [-0.3, -0.25) is 10.1 Å². The number of alkyl halides is 3. The van der Waals surface area contributed by atoms with Crippen molar-refractivity contribution in [1.82, 2.24) is 5.32 Å². The molecular formula is C10H8F5NO2. The van der Waals surface area contributed by atoms with Crippen LogP contribution in [0.2, 0.25) is 0 Å². The fourth-order valence-electron chi connectivity index (χ4n) is 1.29. The minimum atomic E-state index is -4.66. The first-order valence-electron chi connectivity index (χ1n) is 4.69. The van der Waals surface area contributed by atoms with Gasteiger partial charge in [-0.05, 0) is 6.07 Å². The highest BCUT2D eigenvalue weighted by molar-refractivity contribution is 5.75. The van der Waals surface area contributed by atoms with Crippen LogP contribution in [0.5, 0.6) is 0 Å². The van der Waals surface area contributed by atoms with Crippen LogP contribution >= 0.6 is 0 Å². The average molecular weight is 269 g/mol. The highest BCUT2D eigenvalue weighted by Gasteiger charge is 2.32. The van der Waals surface area contributed by atoms with E-state index in [1.54, 1.807) is 5.32 Å². The monoisotopic (exact) mass is 269 g/mol. The Labute approximate surface area is 98.2 Å². The van der Waals surface area contributed by atoms with Gasteiger partial charge in [0.1, 0.15) is 6.04 Å². The van der Waals surface area contributed by atoms with Crippen LogP contribution in [0, 0.1) is 11.6 Å². The Balaban J connectivity index is 2.99. The molecule has 0 fully saturated rings. The third kappa shape index (κ3) is 3.66. The predicted molar refractivity (Wildman–Crippen MR) is 50.8 cm³/mol. The topological polar surface area (TPSA) is 49.3 Å². The lowest BCUT2D eigenvalue weighted by Crippen LogP contribution is -2.36. The molecule has 0 aliphatic rings. The summed E-state index contributed by atoms with van der Waals surface area (Å²) in [5.41, 5.74) is -0.688. The summed E-state index contributed by atoms with van der Waals surface area (Å²) in [6, 6.07) is 0.684. The summed E-state index contributed by atoms with van der Waals surface area (Å²) < 4.78 is 62.0. The molecular weight excluding hydrogens is 261 g/mol. The van der Waals surface area contributed by atoms with Crippen molar-refractivity contribution in [3.63, 3.8) is 0 Å². The molecule has 0 aromatic heterocycles. The predicted octanol–water partition coefficient (Wildman–Crippen LogP) is 2.24. The van der Waals surface area contributed by atoms with Crippen molar-refractivity contribution in [1.29, 1.82) is 0 Å². The number of hydrogen-bond acceptors (Lipinski definition) is 2. The third-order valence-electron chi connectivity index (χ3n) is 2.05. The van der Waals surface area contributed by atoms with Crippen LogP contribution in [0.25, 0.3) is 0 Å². The van der Waals surface area contributed by atoms with Gasteiger partial charge >= 0.3 is 12.1 Å². The fraction of sp³-hybridized carbons (Fsp3) is 0.300. The lowest BCUT2D eigenvalue weighted by Gasteiger charge is -2.16. The number of hydrogen-bond donors (Lipinski definition) is 2. The Morgan fingerprint density at radius 3 is 2.44 bits per heavy atom. The van der Waals surface area contributed by atoms with E-state index in [-0.39, 0.29) is 0 Å². The number of carboxylic acid groups (broad SMARTS) is 1. The van der Waals surface area contributed by atoms with Crippen LogP contribution in [0.1, 0.15) is 11.6 Å². The van der Waals surface area contributed by atoms with Crippen LogP contribution in [0.3, 0.4) is 0 Å². The number of nitrogens with one attached hydrogen (secondary N) is 1. The second-order valence-electron chi connectivity index (χ2n) is 3.41. The Bertz CT molecular complexity index is 446. The summed E-state index contributed by atoms with van der Waals surface area (Å²) in [5, 5.41) is 10.3. The molecule has 0 aliphatic carbocycles. The molecule has 1 unspecified atom stereocenters. The van der Waals surface area contributed by atoms with Crippen molar-refractivity contribution in [2.45, 2.75) is 12.2 Å². The van der Waals surface area contributed by atoms with E-state index in [0.717, 1.165) is 18.2 Å². The van der Waals surface area contributed by atoms with E-state index in [9.17, 15) is 26.7 Å². The molecule has 1 aromatic carbocycles. The van der Waals surface area contributed by atoms with E-state index in [4.69, 9.17) is 5.11 Å². The number of aliphatic carboxylic acids is 1. The second-order valence-corrected chi connectivity index (χ2v) is 3.41. The van der Waals surface area contributed by atoms with Crippen LogP contribution in [-0.4, -0.2) is 23.8 Å². The Hall–Kier alpha value is -1.70. The molecule has 8 heteroatoms. The fourth-order valence-corrected chi connectivity index (χ4v) is 1.29. The van der Waals surface area contributed by atoms with Gasteiger partial charge in [-0.15, -0.1) is 0 Å². The van der Waals surface area contributed by atoms with Gasteiger partial charge in [0, 0.05) is 5.56 Å². The average Bonchev–Trinajstić information content (AvgIpc) is 2.22. The number of benzene rings is 1. The molecule has 0 radical (unpaired) electrons. The summed E-state index contributed by atoms with van der Waals surface area (Å²) in [6.07, 6.45) is -4.66. The summed E-state index contributed by atoms with van der Waals surface area (Å²) in [6.45, 7) is -1.63. The zero-order chi connectivity index (χ0) is 13.9. The first-order valence-corrected chi connectivity index (χ1v) is 4.69. The number of halogens is 5. The molecule has 3 nitrogen and oxygen atoms in total. The van der Waals surface area contributed by atoms with Crippen molar-refractivity contribution in [2.75, 3.05) is 6.54 Å². The lowest BCUT2D eigenvalue weighted by atomic mass is 10.1. The quantitative estimate of drug-likeness (QED) is 0.824. The van der Waals surface area contributed by atoms with E-state index in [2.05, 4.69) is 0 Å². The van der Waals surface area contributed by atoms with Gasteiger partial charge in [0.15, 0.2) is 11.6 Å². The maximum atomic E-state index is 13.3. The van der Waals surface area contributed by atoms with E-state index < -0.39 is 41.9 Å². The first kappa shape index (κ1) is 14.4. The van der Waals surface area contributed by atoms with Gasteiger partial charge < -0.3 is 5.11 Å². The van der Waals surface area contributed by atoms with Crippen LogP contribution < -0.4 is 5.32 Å². The Morgan fingerprint density at radius 1 is 1.33 bits per heavy atom. The van der Waals surface area contributed by atoms with Gasteiger partial charge in [0.25, 0.3) is 0 Å². The van der Waals surface area contributed by atoms with Crippen molar-refractivity contribution in [3.05, 3.63) is 35.4 Å². The molecule has 0 bridgehead atoms. The van der Waals surface area contributed by atoms with E-state index in [0.29, 0.717) is 0 Å². The molecule has 2 N–H and O–H groups in total. The minimum Gasteiger partial charge on any atom is -0.480 e. The molecule has 1 aromatic rings. The molecule has 0 saturated heterocycles. The summed E-state index contributed by atoms with van der Waals surface area (Å²) in [5.74, 6) is -4.55. The van der Waals surface area contributed by atoms with Gasteiger partial charge in [-0.25, -0.2) is 8.78 Å². The zero-order valence-electron chi connectivity index (χ0n) is 8.76. The maximum Gasteiger partial charge on any atom is 0.401 e. The van der Waals surface area contributed by atoms with Crippen molar-refractivity contribution >= 4 is 5.97 Å². The highest BCUT2D eigenvalue weighted by atomic mass is 19.4. The smallest absolute Gasteiger partial charge is 0.401 e. The van der Waals surface area contributed by atoms with Gasteiger partial charge in [-0.1, -0.05) is 12.1 Å². The number of carboxylic acids is 1. The van der Waals surface area contributed by atoms with Crippen molar-refractivity contribution in [2.24, 2.45) is 0 Å². The molecule has 1 atom stereocenters. The molecule has 0 saturated carbocycles. The highest BCUT2D eigenvalue weighted by Crippen LogP contribution is 2.21. The summed E-state index contributed by atoms with van der Waals surface area (Å²) >= 11 is 0. The first-order chi connectivity index (χ1) is 8.22. The molecule has 0 amide bonds. The minimum absolute atomic E-state index is 0.688. The Morgan fingerprint density at radius 2 is 1.94 bits per heavy atom. The third-order valence-corrected chi connectivity index (χ3v) is 2.05. The molecule has 0 aliphatic heterocycles. The number of rotatable bonds is 4. The van der Waals surface area contributed by atoms with Gasteiger partial charge in [-0.2, -0.15) is 13.2 Å². The lowest BCUT2D eigenvalue weighted by molar-refractivity contribution is -0.143. The van der Waals surface area contributed by atoms with Gasteiger partial charge in [0.2, 0.25) is 0 Å². The summed E-state index contributed by atoms with van der Waals surface area (Å²) in [4.78, 5) is 10.8. The molecule has 18 heavy (non-hydrogen) atoms. The molecule has 0 spiro atoms. The maximum absolute atomic E-state index is 13.3. The normalized spacial score (nSPS) is 13.4. The molecule has 1 rings (SSSR count). The zero-order valence-corrected chi connectivity index (χ0v) is 8.76. The van der Waals surface area contributed by atoms with Crippen LogP contribution in [0.4, 0.5) is 22.0 Å². The van der Waals surface area contributed by atoms with Crippen molar-refractivity contribution in [3.8, 4) is 0 Å². The SMILES string of the molecule is O=C(O)C(NCC(F)(F)F)c1cccc(F)c1F.